The van der Waals surface area contributed by atoms with Crippen molar-refractivity contribution in [2.75, 3.05) is 4.90 Å². The SMILES string of the molecule is c1ccc(-c2ccc(N(c3ccc(-c4cccc5c4sc4ccccc45)cc3)c3cccc4c3oc3c5c(ccc34)C(c3ccccc3)(c3ccccc3)c3ccccc3-5)cc2)cc1. The van der Waals surface area contributed by atoms with Crippen molar-refractivity contribution < 1.29 is 4.42 Å². The van der Waals surface area contributed by atoms with E-state index in [0.717, 1.165) is 44.6 Å². The Bertz CT molecular complexity index is 3660. The minimum atomic E-state index is -0.515. The molecule has 3 heteroatoms. The van der Waals surface area contributed by atoms with Crippen LogP contribution in [-0.2, 0) is 5.41 Å². The maximum atomic E-state index is 7.40. The van der Waals surface area contributed by atoms with Gasteiger partial charge < -0.3 is 9.32 Å². The number of para-hydroxylation sites is 1. The van der Waals surface area contributed by atoms with Gasteiger partial charge in [0.15, 0.2) is 5.58 Å². The highest BCUT2D eigenvalue weighted by atomic mass is 32.1. The van der Waals surface area contributed by atoms with Crippen LogP contribution in [0.2, 0.25) is 0 Å². The monoisotopic (exact) mass is 833 g/mol. The maximum absolute atomic E-state index is 7.40. The highest BCUT2D eigenvalue weighted by Gasteiger charge is 2.47. The standard InChI is InChI=1S/C61H39NOS/c1-4-16-40(17-5-1)41-30-34-45(35-31-41)62(46-36-32-42(33-37-46)47-24-14-26-51-48-22-11-13-29-56(48)64-60(47)51)55-28-15-25-49-50-38-39-54-57(59(50)63-58(49)55)52-23-10-12-27-53(52)61(54,43-18-6-2-7-19-43)44-20-8-3-9-21-44/h1-39H. The van der Waals surface area contributed by atoms with Crippen LogP contribution in [0.1, 0.15) is 22.3 Å². The molecule has 64 heavy (non-hydrogen) atoms. The quantitative estimate of drug-likeness (QED) is 0.159. The summed E-state index contributed by atoms with van der Waals surface area (Å²) in [6, 6.07) is 86.1. The molecule has 0 saturated heterocycles. The summed E-state index contributed by atoms with van der Waals surface area (Å²) in [6.07, 6.45) is 0. The molecule has 0 unspecified atom stereocenters. The first kappa shape index (κ1) is 36.7. The molecule has 0 radical (unpaired) electrons. The van der Waals surface area contributed by atoms with Crippen LogP contribution >= 0.6 is 11.3 Å². The maximum Gasteiger partial charge on any atom is 0.159 e. The van der Waals surface area contributed by atoms with Crippen LogP contribution in [0.3, 0.4) is 0 Å². The molecule has 2 aromatic heterocycles. The normalized spacial score (nSPS) is 12.8. The molecule has 0 spiro atoms. The molecule has 0 aliphatic heterocycles. The first-order chi connectivity index (χ1) is 31.8. The minimum Gasteiger partial charge on any atom is -0.453 e. The fourth-order valence-electron chi connectivity index (χ4n) is 10.6. The van der Waals surface area contributed by atoms with Gasteiger partial charge in [0.05, 0.1) is 11.1 Å². The van der Waals surface area contributed by atoms with E-state index in [1.54, 1.807) is 0 Å². The van der Waals surface area contributed by atoms with Crippen LogP contribution in [0.15, 0.2) is 241 Å². The molecule has 2 nitrogen and oxygen atoms in total. The summed E-state index contributed by atoms with van der Waals surface area (Å²) in [5, 5.41) is 4.81. The van der Waals surface area contributed by atoms with Gasteiger partial charge in [0.25, 0.3) is 0 Å². The summed E-state index contributed by atoms with van der Waals surface area (Å²) < 4.78 is 10.0. The van der Waals surface area contributed by atoms with E-state index < -0.39 is 5.41 Å². The highest BCUT2D eigenvalue weighted by Crippen LogP contribution is 2.59. The molecule has 1 aliphatic carbocycles. The highest BCUT2D eigenvalue weighted by molar-refractivity contribution is 7.26. The molecule has 2 heterocycles. The first-order valence-corrected chi connectivity index (χ1v) is 22.7. The summed E-state index contributed by atoms with van der Waals surface area (Å²) in [4.78, 5) is 2.36. The molecule has 0 fully saturated rings. The number of fused-ring (bicyclic) bond motifs is 10. The van der Waals surface area contributed by atoms with E-state index in [2.05, 4.69) is 241 Å². The number of hydrogen-bond donors (Lipinski definition) is 0. The van der Waals surface area contributed by atoms with Gasteiger partial charge in [-0.2, -0.15) is 0 Å². The third-order valence-corrected chi connectivity index (χ3v) is 14.6. The van der Waals surface area contributed by atoms with E-state index in [0.29, 0.717) is 0 Å². The Morgan fingerprint density at radius 3 is 1.64 bits per heavy atom. The smallest absolute Gasteiger partial charge is 0.159 e. The zero-order valence-corrected chi connectivity index (χ0v) is 35.6. The molecule has 1 aliphatic rings. The van der Waals surface area contributed by atoms with Gasteiger partial charge >= 0.3 is 0 Å². The first-order valence-electron chi connectivity index (χ1n) is 21.9. The number of furan rings is 1. The lowest BCUT2D eigenvalue weighted by molar-refractivity contribution is 0.669. The topological polar surface area (TPSA) is 16.4 Å². The number of hydrogen-bond acceptors (Lipinski definition) is 3. The molecular formula is C61H39NOS. The lowest BCUT2D eigenvalue weighted by Crippen LogP contribution is -2.28. The predicted molar refractivity (Wildman–Crippen MR) is 269 cm³/mol. The van der Waals surface area contributed by atoms with E-state index in [-0.39, 0.29) is 0 Å². The van der Waals surface area contributed by atoms with E-state index >= 15 is 0 Å². The molecule has 0 bridgehead atoms. The van der Waals surface area contributed by atoms with E-state index in [4.69, 9.17) is 4.42 Å². The summed E-state index contributed by atoms with van der Waals surface area (Å²) in [5.74, 6) is 0. The fraction of sp³-hybridized carbons (Fsp3) is 0.0164. The fourth-order valence-corrected chi connectivity index (χ4v) is 11.8. The second-order valence-corrected chi connectivity index (χ2v) is 17.8. The zero-order chi connectivity index (χ0) is 42.2. The van der Waals surface area contributed by atoms with Crippen molar-refractivity contribution in [2.24, 2.45) is 0 Å². The molecule has 10 aromatic carbocycles. The average molecular weight is 834 g/mol. The van der Waals surface area contributed by atoms with Gasteiger partial charge in [-0.1, -0.05) is 200 Å². The van der Waals surface area contributed by atoms with Gasteiger partial charge in [-0.05, 0) is 86.5 Å². The number of anilines is 3. The van der Waals surface area contributed by atoms with E-state index in [1.165, 1.54) is 70.2 Å². The Morgan fingerprint density at radius 1 is 0.359 bits per heavy atom. The van der Waals surface area contributed by atoms with Crippen molar-refractivity contribution in [3.05, 3.63) is 259 Å². The second kappa shape index (κ2) is 14.6. The van der Waals surface area contributed by atoms with Crippen LogP contribution in [0.5, 0.6) is 0 Å². The Morgan fingerprint density at radius 2 is 0.906 bits per heavy atom. The molecule has 0 amide bonds. The molecular weight excluding hydrogens is 795 g/mol. The van der Waals surface area contributed by atoms with Crippen LogP contribution in [0.4, 0.5) is 17.1 Å². The number of rotatable bonds is 7. The van der Waals surface area contributed by atoms with Crippen molar-refractivity contribution >= 4 is 70.5 Å². The Hall–Kier alpha value is -7.98. The van der Waals surface area contributed by atoms with Crippen molar-refractivity contribution in [1.29, 1.82) is 0 Å². The number of benzene rings is 10. The Balaban J connectivity index is 1.02. The third-order valence-electron chi connectivity index (χ3n) is 13.4. The van der Waals surface area contributed by atoms with E-state index in [9.17, 15) is 0 Å². The van der Waals surface area contributed by atoms with Gasteiger partial charge in [0.2, 0.25) is 0 Å². The molecule has 0 atom stereocenters. The molecule has 0 N–H and O–H groups in total. The van der Waals surface area contributed by atoms with Crippen molar-refractivity contribution in [2.45, 2.75) is 5.41 Å². The lowest BCUT2D eigenvalue weighted by Gasteiger charge is -2.33. The zero-order valence-electron chi connectivity index (χ0n) is 34.8. The van der Waals surface area contributed by atoms with Crippen molar-refractivity contribution in [1.82, 2.24) is 0 Å². The second-order valence-electron chi connectivity index (χ2n) is 16.7. The Kier molecular flexibility index (Phi) is 8.34. The average Bonchev–Trinajstić information content (AvgIpc) is 4.04. The van der Waals surface area contributed by atoms with Crippen LogP contribution in [-0.4, -0.2) is 0 Å². The minimum absolute atomic E-state index is 0.515. The molecule has 12 aromatic rings. The van der Waals surface area contributed by atoms with Gasteiger partial charge in [-0.15, -0.1) is 11.3 Å². The van der Waals surface area contributed by atoms with Crippen LogP contribution in [0.25, 0.3) is 75.5 Å². The predicted octanol–water partition coefficient (Wildman–Crippen LogP) is 17.1. The molecule has 0 saturated carbocycles. The van der Waals surface area contributed by atoms with Crippen molar-refractivity contribution in [3.63, 3.8) is 0 Å². The van der Waals surface area contributed by atoms with E-state index in [1.807, 2.05) is 11.3 Å². The van der Waals surface area contributed by atoms with Gasteiger partial charge in [-0.3, -0.25) is 0 Å². The largest absolute Gasteiger partial charge is 0.453 e. The van der Waals surface area contributed by atoms with Gasteiger partial charge in [-0.25, -0.2) is 0 Å². The van der Waals surface area contributed by atoms with Crippen LogP contribution < -0.4 is 4.90 Å². The van der Waals surface area contributed by atoms with Crippen molar-refractivity contribution in [3.8, 4) is 33.4 Å². The molecule has 13 rings (SSSR count). The Labute approximate surface area is 375 Å². The number of thiophene rings is 1. The summed E-state index contributed by atoms with van der Waals surface area (Å²) >= 11 is 1.87. The lowest BCUT2D eigenvalue weighted by atomic mass is 9.68. The summed E-state index contributed by atoms with van der Waals surface area (Å²) in [6.45, 7) is 0. The molecule has 300 valence electrons. The summed E-state index contributed by atoms with van der Waals surface area (Å²) in [5.41, 5.74) is 16.5. The van der Waals surface area contributed by atoms with Gasteiger partial charge in [0.1, 0.15) is 5.58 Å². The number of nitrogens with zero attached hydrogens (tertiary/aromatic N) is 1. The van der Waals surface area contributed by atoms with Gasteiger partial charge in [0, 0.05) is 47.9 Å². The van der Waals surface area contributed by atoms with Crippen LogP contribution in [0, 0.1) is 0 Å². The third kappa shape index (κ3) is 5.44. The summed E-state index contributed by atoms with van der Waals surface area (Å²) in [7, 11) is 0.